The fraction of sp³-hybridized carbons (Fsp3) is 0.462. The molecule has 0 radical (unpaired) electrons. The Balaban J connectivity index is 1.53. The number of para-hydroxylation sites is 1. The standard InChI is InChI=1S/C13H16N2S3/c1-2-6-10(7-3-1)15-18-17-13-14-11-8-4-5-9-12(11)16-13/h4-5,8-10,15H,1-3,6-7H2. The van der Waals surface area contributed by atoms with Gasteiger partial charge in [0.1, 0.15) is 0 Å². The molecule has 1 aromatic heterocycles. The van der Waals surface area contributed by atoms with Gasteiger partial charge in [-0.05, 0) is 46.7 Å². The highest BCUT2D eigenvalue weighted by molar-refractivity contribution is 8.76. The van der Waals surface area contributed by atoms with Crippen molar-refractivity contribution in [1.29, 1.82) is 0 Å². The van der Waals surface area contributed by atoms with Gasteiger partial charge in [0.05, 0.1) is 10.2 Å². The third kappa shape index (κ3) is 3.20. The molecule has 0 amide bonds. The van der Waals surface area contributed by atoms with Crippen LogP contribution >= 0.6 is 33.1 Å². The van der Waals surface area contributed by atoms with Gasteiger partial charge in [-0.25, -0.2) is 4.98 Å². The maximum Gasteiger partial charge on any atom is 0.162 e. The number of aromatic nitrogens is 1. The van der Waals surface area contributed by atoms with Gasteiger partial charge < -0.3 is 0 Å². The van der Waals surface area contributed by atoms with Crippen molar-refractivity contribution in [3.63, 3.8) is 0 Å². The van der Waals surface area contributed by atoms with Crippen LogP contribution in [0.3, 0.4) is 0 Å². The second-order valence-electron chi connectivity index (χ2n) is 4.57. The summed E-state index contributed by atoms with van der Waals surface area (Å²) >= 11 is 1.77. The van der Waals surface area contributed by atoms with Crippen molar-refractivity contribution in [1.82, 2.24) is 9.71 Å². The molecule has 3 rings (SSSR count). The van der Waals surface area contributed by atoms with Gasteiger partial charge in [0.15, 0.2) is 4.34 Å². The van der Waals surface area contributed by atoms with Crippen molar-refractivity contribution in [2.24, 2.45) is 0 Å². The van der Waals surface area contributed by atoms with Gasteiger partial charge in [-0.15, -0.1) is 11.3 Å². The zero-order valence-electron chi connectivity index (χ0n) is 10.1. The van der Waals surface area contributed by atoms with E-state index in [2.05, 4.69) is 27.9 Å². The van der Waals surface area contributed by atoms with E-state index in [1.165, 1.54) is 36.8 Å². The molecule has 0 atom stereocenters. The molecule has 1 heterocycles. The predicted molar refractivity (Wildman–Crippen MR) is 83.1 cm³/mol. The van der Waals surface area contributed by atoms with Crippen LogP contribution in [0.4, 0.5) is 0 Å². The van der Waals surface area contributed by atoms with E-state index in [0.717, 1.165) is 9.86 Å². The lowest BCUT2D eigenvalue weighted by molar-refractivity contribution is 0.424. The summed E-state index contributed by atoms with van der Waals surface area (Å²) in [6.45, 7) is 0. The minimum absolute atomic E-state index is 0.700. The lowest BCUT2D eigenvalue weighted by Crippen LogP contribution is -2.24. The molecule has 2 nitrogen and oxygen atoms in total. The molecule has 1 aliphatic carbocycles. The maximum atomic E-state index is 4.62. The van der Waals surface area contributed by atoms with E-state index in [4.69, 9.17) is 0 Å². The van der Waals surface area contributed by atoms with E-state index in [0.29, 0.717) is 6.04 Å². The van der Waals surface area contributed by atoms with Crippen molar-refractivity contribution in [2.45, 2.75) is 42.5 Å². The highest BCUT2D eigenvalue weighted by Crippen LogP contribution is 2.36. The van der Waals surface area contributed by atoms with Crippen LogP contribution in [0.2, 0.25) is 0 Å². The largest absolute Gasteiger partial charge is 0.251 e. The third-order valence-electron chi connectivity index (χ3n) is 3.21. The van der Waals surface area contributed by atoms with Gasteiger partial charge >= 0.3 is 0 Å². The van der Waals surface area contributed by atoms with Gasteiger partial charge in [0.2, 0.25) is 0 Å². The van der Waals surface area contributed by atoms with E-state index in [1.54, 1.807) is 33.1 Å². The fourth-order valence-corrected chi connectivity index (χ4v) is 5.45. The highest BCUT2D eigenvalue weighted by atomic mass is 33.1. The normalized spacial score (nSPS) is 17.3. The molecule has 0 bridgehead atoms. The van der Waals surface area contributed by atoms with Crippen molar-refractivity contribution in [2.75, 3.05) is 0 Å². The van der Waals surface area contributed by atoms with Gasteiger partial charge in [0.25, 0.3) is 0 Å². The first kappa shape index (κ1) is 12.8. The Kier molecular flexibility index (Phi) is 4.46. The van der Waals surface area contributed by atoms with Crippen molar-refractivity contribution in [3.05, 3.63) is 24.3 Å². The molecule has 96 valence electrons. The van der Waals surface area contributed by atoms with Crippen LogP contribution in [0.5, 0.6) is 0 Å². The van der Waals surface area contributed by atoms with Gasteiger partial charge in [0, 0.05) is 6.04 Å². The molecule has 0 saturated heterocycles. The average molecular weight is 296 g/mol. The van der Waals surface area contributed by atoms with Crippen LogP contribution in [-0.4, -0.2) is 11.0 Å². The Bertz CT molecular complexity index is 473. The zero-order chi connectivity index (χ0) is 12.2. The quantitative estimate of drug-likeness (QED) is 0.642. The number of thiazole rings is 1. The van der Waals surface area contributed by atoms with Gasteiger partial charge in [-0.2, -0.15) is 0 Å². The smallest absolute Gasteiger partial charge is 0.162 e. The predicted octanol–water partition coefficient (Wildman–Crippen LogP) is 4.87. The molecule has 2 aromatic rings. The topological polar surface area (TPSA) is 24.9 Å². The Labute approximate surface area is 119 Å². The zero-order valence-corrected chi connectivity index (χ0v) is 12.5. The molecule has 1 N–H and O–H groups in total. The molecule has 0 unspecified atom stereocenters. The summed E-state index contributed by atoms with van der Waals surface area (Å²) in [5.74, 6) is 0. The molecule has 1 aliphatic rings. The molecule has 0 spiro atoms. The second kappa shape index (κ2) is 6.28. The first-order valence-corrected chi connectivity index (χ1v) is 9.33. The summed E-state index contributed by atoms with van der Waals surface area (Å²) in [4.78, 5) is 4.62. The summed E-state index contributed by atoms with van der Waals surface area (Å²) in [5.41, 5.74) is 1.11. The molecular formula is C13H16N2S3. The fourth-order valence-electron chi connectivity index (χ4n) is 2.23. The number of nitrogens with one attached hydrogen (secondary N) is 1. The van der Waals surface area contributed by atoms with E-state index >= 15 is 0 Å². The minimum atomic E-state index is 0.700. The SMILES string of the molecule is c1ccc2sc(SSNC3CCCCC3)nc2c1. The Hall–Kier alpha value is -0.230. The molecule has 0 aliphatic heterocycles. The summed E-state index contributed by atoms with van der Waals surface area (Å²) in [5, 5.41) is 0. The number of fused-ring (bicyclic) bond motifs is 1. The lowest BCUT2D eigenvalue weighted by atomic mass is 9.96. The first-order chi connectivity index (χ1) is 8.92. The van der Waals surface area contributed by atoms with E-state index in [9.17, 15) is 0 Å². The van der Waals surface area contributed by atoms with Gasteiger partial charge in [-0.3, -0.25) is 4.72 Å². The molecule has 1 aromatic carbocycles. The van der Waals surface area contributed by atoms with Crippen LogP contribution in [0, 0.1) is 0 Å². The van der Waals surface area contributed by atoms with Crippen molar-refractivity contribution < 1.29 is 0 Å². The lowest BCUT2D eigenvalue weighted by Gasteiger charge is -2.21. The minimum Gasteiger partial charge on any atom is -0.251 e. The molecule has 1 saturated carbocycles. The van der Waals surface area contributed by atoms with E-state index in [-0.39, 0.29) is 0 Å². The van der Waals surface area contributed by atoms with Crippen LogP contribution < -0.4 is 4.72 Å². The number of hydrogen-bond donors (Lipinski definition) is 1. The van der Waals surface area contributed by atoms with Crippen LogP contribution in [0.1, 0.15) is 32.1 Å². The third-order valence-corrected chi connectivity index (χ3v) is 6.61. The van der Waals surface area contributed by atoms with Crippen molar-refractivity contribution in [3.8, 4) is 0 Å². The summed E-state index contributed by atoms with van der Waals surface area (Å²) in [6, 6.07) is 9.03. The van der Waals surface area contributed by atoms with Crippen LogP contribution in [0.15, 0.2) is 28.6 Å². The molecule has 18 heavy (non-hydrogen) atoms. The molecule has 5 heteroatoms. The van der Waals surface area contributed by atoms with Crippen LogP contribution in [-0.2, 0) is 0 Å². The summed E-state index contributed by atoms with van der Waals surface area (Å²) in [7, 11) is 3.50. The van der Waals surface area contributed by atoms with Crippen LogP contribution in [0.25, 0.3) is 10.2 Å². The number of hydrogen-bond acceptors (Lipinski definition) is 5. The Morgan fingerprint density at radius 3 is 2.83 bits per heavy atom. The van der Waals surface area contributed by atoms with E-state index < -0.39 is 0 Å². The Morgan fingerprint density at radius 2 is 2.00 bits per heavy atom. The summed E-state index contributed by atoms with van der Waals surface area (Å²) in [6.07, 6.45) is 6.82. The summed E-state index contributed by atoms with van der Waals surface area (Å²) < 4.78 is 5.98. The molecular weight excluding hydrogens is 280 g/mol. The number of rotatable bonds is 4. The number of nitrogens with zero attached hydrogens (tertiary/aromatic N) is 1. The molecule has 1 fully saturated rings. The maximum absolute atomic E-state index is 4.62. The van der Waals surface area contributed by atoms with E-state index in [1.807, 2.05) is 6.07 Å². The van der Waals surface area contributed by atoms with Crippen molar-refractivity contribution >= 4 is 43.3 Å². The number of benzene rings is 1. The monoisotopic (exact) mass is 296 g/mol. The average Bonchev–Trinajstić information content (AvgIpc) is 2.82. The van der Waals surface area contributed by atoms with Gasteiger partial charge in [-0.1, -0.05) is 31.4 Å². The second-order valence-corrected chi connectivity index (χ2v) is 7.81. The Morgan fingerprint density at radius 1 is 1.17 bits per heavy atom. The first-order valence-electron chi connectivity index (χ1n) is 6.36. The highest BCUT2D eigenvalue weighted by Gasteiger charge is 2.13.